The number of amides is 1. The van der Waals surface area contributed by atoms with E-state index in [0.29, 0.717) is 16.3 Å². The molecule has 3 rings (SSSR count). The lowest BCUT2D eigenvalue weighted by Gasteiger charge is -2.26. The number of hydrogen-bond acceptors (Lipinski definition) is 10. The third-order valence-electron chi connectivity index (χ3n) is 5.25. The second kappa shape index (κ2) is 12.0. The van der Waals surface area contributed by atoms with Gasteiger partial charge < -0.3 is 15.5 Å². The SMILES string of the molecule is COc1ccc(C[C@@H](C(=O)NO)N(N)/C=C(\N)[C@@H](C)NS(=O)(=O)c2ccc(-c3ccccn3)s2)cc1. The molecule has 3 aromatic rings. The minimum Gasteiger partial charge on any atom is -0.497 e. The molecule has 192 valence electrons. The molecule has 0 spiro atoms. The summed E-state index contributed by atoms with van der Waals surface area (Å²) in [6, 6.07) is 13.7. The number of thiophene rings is 1. The number of nitrogens with one attached hydrogen (secondary N) is 2. The van der Waals surface area contributed by atoms with E-state index in [0.717, 1.165) is 21.9 Å². The molecule has 0 aliphatic carbocycles. The van der Waals surface area contributed by atoms with Gasteiger partial charge in [0, 0.05) is 24.5 Å². The number of hydroxylamine groups is 1. The van der Waals surface area contributed by atoms with Crippen LogP contribution in [0.5, 0.6) is 5.75 Å². The Balaban J connectivity index is 1.72. The van der Waals surface area contributed by atoms with E-state index in [1.54, 1.807) is 68.2 Å². The van der Waals surface area contributed by atoms with E-state index in [1.807, 2.05) is 6.07 Å². The predicted molar refractivity (Wildman–Crippen MR) is 136 cm³/mol. The number of rotatable bonds is 11. The number of carbonyl (C=O) groups excluding carboxylic acids is 1. The molecule has 0 saturated carbocycles. The van der Waals surface area contributed by atoms with Gasteiger partial charge in [-0.1, -0.05) is 18.2 Å². The molecule has 1 amide bonds. The maximum absolute atomic E-state index is 12.9. The van der Waals surface area contributed by atoms with Crippen LogP contribution in [0, 0.1) is 0 Å². The van der Waals surface area contributed by atoms with Crippen LogP contribution in [-0.4, -0.2) is 48.7 Å². The van der Waals surface area contributed by atoms with Crippen molar-refractivity contribution in [3.05, 3.63) is 78.3 Å². The van der Waals surface area contributed by atoms with Crippen LogP contribution in [0.2, 0.25) is 0 Å². The van der Waals surface area contributed by atoms with Crippen LogP contribution in [0.1, 0.15) is 12.5 Å². The van der Waals surface area contributed by atoms with Crippen molar-refractivity contribution < 1.29 is 23.2 Å². The van der Waals surface area contributed by atoms with E-state index >= 15 is 0 Å². The van der Waals surface area contributed by atoms with Crippen molar-refractivity contribution in [2.75, 3.05) is 7.11 Å². The van der Waals surface area contributed by atoms with Crippen molar-refractivity contribution >= 4 is 27.3 Å². The number of carbonyl (C=O) groups is 1. The molecule has 13 heteroatoms. The van der Waals surface area contributed by atoms with E-state index in [2.05, 4.69) is 9.71 Å². The summed E-state index contributed by atoms with van der Waals surface area (Å²) >= 11 is 1.08. The minimum absolute atomic E-state index is 0.0630. The van der Waals surface area contributed by atoms with Gasteiger partial charge in [0.05, 0.1) is 23.7 Å². The predicted octanol–water partition coefficient (Wildman–Crippen LogP) is 1.58. The zero-order chi connectivity index (χ0) is 26.3. The Bertz CT molecular complexity index is 1300. The third-order valence-corrected chi connectivity index (χ3v) is 8.39. The Morgan fingerprint density at radius 3 is 2.56 bits per heavy atom. The lowest BCUT2D eigenvalue weighted by molar-refractivity contribution is -0.134. The first-order chi connectivity index (χ1) is 17.1. The smallest absolute Gasteiger partial charge is 0.267 e. The first-order valence-corrected chi connectivity index (χ1v) is 13.0. The average molecular weight is 533 g/mol. The monoisotopic (exact) mass is 532 g/mol. The van der Waals surface area contributed by atoms with Gasteiger partial charge in [-0.05, 0) is 48.9 Å². The summed E-state index contributed by atoms with van der Waals surface area (Å²) < 4.78 is 33.5. The number of hydrazine groups is 1. The van der Waals surface area contributed by atoms with E-state index in [9.17, 15) is 18.4 Å². The highest BCUT2D eigenvalue weighted by atomic mass is 32.2. The van der Waals surface area contributed by atoms with Gasteiger partial charge >= 0.3 is 0 Å². The lowest BCUT2D eigenvalue weighted by atomic mass is 10.0. The summed E-state index contributed by atoms with van der Waals surface area (Å²) in [6.07, 6.45) is 3.03. The molecule has 11 nitrogen and oxygen atoms in total. The van der Waals surface area contributed by atoms with Gasteiger partial charge in [-0.2, -0.15) is 0 Å². The Kier molecular flexibility index (Phi) is 9.01. The second-order valence-electron chi connectivity index (χ2n) is 7.80. The zero-order valence-corrected chi connectivity index (χ0v) is 21.3. The number of hydrogen-bond donors (Lipinski definition) is 5. The molecule has 1 aromatic carbocycles. The minimum atomic E-state index is -3.89. The number of benzene rings is 1. The highest BCUT2D eigenvalue weighted by molar-refractivity contribution is 7.91. The summed E-state index contributed by atoms with van der Waals surface area (Å²) in [5.74, 6) is 5.97. The number of nitrogens with two attached hydrogens (primary N) is 2. The van der Waals surface area contributed by atoms with Crippen LogP contribution in [0.3, 0.4) is 0 Å². The largest absolute Gasteiger partial charge is 0.497 e. The van der Waals surface area contributed by atoms with Crippen molar-refractivity contribution in [1.29, 1.82) is 0 Å². The molecule has 2 heterocycles. The molecule has 0 radical (unpaired) electrons. The summed E-state index contributed by atoms with van der Waals surface area (Å²) in [6.45, 7) is 1.55. The molecule has 7 N–H and O–H groups in total. The fraction of sp³-hybridized carbons (Fsp3) is 0.217. The molecule has 2 aromatic heterocycles. The number of aromatic nitrogens is 1. The first-order valence-electron chi connectivity index (χ1n) is 10.7. The van der Waals surface area contributed by atoms with E-state index in [4.69, 9.17) is 16.3 Å². The molecule has 0 fully saturated rings. The zero-order valence-electron chi connectivity index (χ0n) is 19.7. The number of nitrogens with zero attached hydrogens (tertiary/aromatic N) is 2. The molecular weight excluding hydrogens is 504 g/mol. The fourth-order valence-corrected chi connectivity index (χ4v) is 5.77. The number of ether oxygens (including phenoxy) is 1. The quantitative estimate of drug-likeness (QED) is 0.140. The highest BCUT2D eigenvalue weighted by Gasteiger charge is 2.25. The van der Waals surface area contributed by atoms with E-state index in [-0.39, 0.29) is 16.3 Å². The molecule has 0 aliphatic heterocycles. The van der Waals surface area contributed by atoms with Crippen molar-refractivity contribution in [3.63, 3.8) is 0 Å². The topological polar surface area (TPSA) is 173 Å². The second-order valence-corrected chi connectivity index (χ2v) is 10.8. The van der Waals surface area contributed by atoms with E-state index in [1.165, 1.54) is 12.3 Å². The number of methoxy groups -OCH3 is 1. The van der Waals surface area contributed by atoms with Crippen molar-refractivity contribution in [2.45, 2.75) is 29.6 Å². The van der Waals surface area contributed by atoms with Crippen LogP contribution in [-0.2, 0) is 21.2 Å². The molecule has 0 saturated heterocycles. The third kappa shape index (κ3) is 6.80. The van der Waals surface area contributed by atoms with Gasteiger partial charge in [0.2, 0.25) is 0 Å². The molecule has 2 atom stereocenters. The Labute approximate surface area is 213 Å². The molecule has 36 heavy (non-hydrogen) atoms. The highest BCUT2D eigenvalue weighted by Crippen LogP contribution is 2.29. The van der Waals surface area contributed by atoms with Gasteiger partial charge in [-0.15, -0.1) is 11.3 Å². The van der Waals surface area contributed by atoms with Gasteiger partial charge in [-0.25, -0.2) is 24.5 Å². The Morgan fingerprint density at radius 2 is 1.94 bits per heavy atom. The summed E-state index contributed by atoms with van der Waals surface area (Å²) in [5, 5.41) is 10.2. The lowest BCUT2D eigenvalue weighted by Crippen LogP contribution is -2.49. The van der Waals surface area contributed by atoms with Crippen molar-refractivity contribution in [1.82, 2.24) is 20.2 Å². The van der Waals surface area contributed by atoms with Crippen LogP contribution in [0.15, 0.2) is 76.9 Å². The molecule has 0 bridgehead atoms. The van der Waals surface area contributed by atoms with Crippen LogP contribution < -0.4 is 26.5 Å². The van der Waals surface area contributed by atoms with E-state index < -0.39 is 28.0 Å². The van der Waals surface area contributed by atoms with Gasteiger partial charge in [0.1, 0.15) is 16.0 Å². The normalized spacial score (nSPS) is 13.6. The average Bonchev–Trinajstić information content (AvgIpc) is 3.39. The standard InChI is InChI=1S/C23H28N6O5S2/c1-15(28-36(32,33)22-11-10-21(35-22)19-5-3-4-12-26-19)18(24)14-29(25)20(23(30)27-31)13-16-6-8-17(34-2)9-7-16/h3-12,14-15,20,28,31H,13,24-25H2,1-2H3,(H,27,30)/b18-14-/t15-,20+/m1/s1. The Hall–Kier alpha value is -3.49. The summed E-state index contributed by atoms with van der Waals surface area (Å²) in [7, 11) is -2.35. The van der Waals surface area contributed by atoms with Gasteiger partial charge in [-0.3, -0.25) is 15.0 Å². The molecular formula is C23H28N6O5S2. The number of pyridine rings is 1. The summed E-state index contributed by atoms with van der Waals surface area (Å²) in [4.78, 5) is 17.2. The maximum Gasteiger partial charge on any atom is 0.267 e. The van der Waals surface area contributed by atoms with Crippen LogP contribution >= 0.6 is 11.3 Å². The molecule has 0 aliphatic rings. The van der Waals surface area contributed by atoms with Crippen LogP contribution in [0.25, 0.3) is 10.6 Å². The summed E-state index contributed by atoms with van der Waals surface area (Å²) in [5.41, 5.74) is 9.18. The maximum atomic E-state index is 12.9. The van der Waals surface area contributed by atoms with Crippen molar-refractivity contribution in [2.24, 2.45) is 11.6 Å². The number of sulfonamides is 1. The Morgan fingerprint density at radius 1 is 1.22 bits per heavy atom. The van der Waals surface area contributed by atoms with Gasteiger partial charge in [0.15, 0.2) is 0 Å². The first kappa shape index (κ1) is 27.1. The van der Waals surface area contributed by atoms with Crippen molar-refractivity contribution in [3.8, 4) is 16.3 Å². The van der Waals surface area contributed by atoms with Crippen LogP contribution in [0.4, 0.5) is 0 Å². The van der Waals surface area contributed by atoms with Gasteiger partial charge in [0.25, 0.3) is 15.9 Å². The fourth-order valence-electron chi connectivity index (χ4n) is 3.24. The molecule has 0 unspecified atom stereocenters.